The lowest BCUT2D eigenvalue weighted by molar-refractivity contribution is 0.252. The predicted molar refractivity (Wildman–Crippen MR) is 120 cm³/mol. The van der Waals surface area contributed by atoms with Crippen LogP contribution in [0.25, 0.3) is 28.6 Å². The van der Waals surface area contributed by atoms with Gasteiger partial charge in [0.15, 0.2) is 5.65 Å². The molecule has 0 N–H and O–H groups in total. The molecule has 31 heavy (non-hydrogen) atoms. The van der Waals surface area contributed by atoms with Crippen LogP contribution < -0.4 is 4.74 Å². The van der Waals surface area contributed by atoms with E-state index in [4.69, 9.17) is 23.6 Å². The van der Waals surface area contributed by atoms with Crippen LogP contribution in [0.2, 0.25) is 5.02 Å². The fourth-order valence-corrected chi connectivity index (χ4v) is 4.11. The fraction of sp³-hybridized carbons (Fsp3) is 0.292. The van der Waals surface area contributed by atoms with Gasteiger partial charge in [-0.3, -0.25) is 0 Å². The zero-order valence-corrected chi connectivity index (χ0v) is 18.1. The highest BCUT2D eigenvalue weighted by atomic mass is 35.5. The average Bonchev–Trinajstić information content (AvgIpc) is 3.44. The van der Waals surface area contributed by atoms with Crippen LogP contribution in [0.4, 0.5) is 0 Å². The van der Waals surface area contributed by atoms with Crippen molar-refractivity contribution in [1.29, 1.82) is 0 Å². The minimum absolute atomic E-state index is 0.132. The first-order valence-electron chi connectivity index (χ1n) is 11.1. The number of fused-ring (bicyclic) bond motifs is 1. The molecule has 0 aliphatic heterocycles. The molecule has 6 nitrogen and oxygen atoms in total. The van der Waals surface area contributed by atoms with Gasteiger partial charge in [0.1, 0.15) is 11.4 Å². The number of aromatic nitrogens is 4. The van der Waals surface area contributed by atoms with Crippen LogP contribution in [0.3, 0.4) is 0 Å². The van der Waals surface area contributed by atoms with Crippen molar-refractivity contribution in [2.75, 3.05) is 6.61 Å². The number of halogens is 1. The summed E-state index contributed by atoms with van der Waals surface area (Å²) >= 11 is 6.30. The summed E-state index contributed by atoms with van der Waals surface area (Å²) in [5, 5.41) is 4.66. The van der Waals surface area contributed by atoms with Gasteiger partial charge < -0.3 is 13.7 Å². The van der Waals surface area contributed by atoms with Gasteiger partial charge in [0.05, 0.1) is 11.6 Å². The summed E-state index contributed by atoms with van der Waals surface area (Å²) in [6.45, 7) is 8.23. The number of rotatable bonds is 5. The Morgan fingerprint density at radius 3 is 2.94 bits per heavy atom. The molecule has 1 aliphatic carbocycles. The minimum Gasteiger partial charge on any atom is -0.493 e. The van der Waals surface area contributed by atoms with Gasteiger partial charge in [-0.2, -0.15) is 4.98 Å². The van der Waals surface area contributed by atoms with Gasteiger partial charge in [-0.15, -0.1) is 0 Å². The number of nitrogens with zero attached hydrogens (tertiary/aromatic N) is 4. The van der Waals surface area contributed by atoms with Crippen molar-refractivity contribution in [2.24, 2.45) is 5.92 Å². The van der Waals surface area contributed by atoms with Crippen LogP contribution in [-0.2, 0) is 0 Å². The minimum atomic E-state index is -1.30. The molecule has 1 fully saturated rings. The van der Waals surface area contributed by atoms with Gasteiger partial charge in [-0.1, -0.05) is 28.9 Å². The number of benzene rings is 1. The first-order chi connectivity index (χ1) is 15.7. The maximum Gasteiger partial charge on any atom is 0.258 e. The lowest BCUT2D eigenvalue weighted by Crippen LogP contribution is -2.08. The van der Waals surface area contributed by atoms with Crippen LogP contribution in [0.1, 0.15) is 33.1 Å². The molecule has 3 aromatic heterocycles. The SMILES string of the molecule is [2H]C1([2H])C[C@H](COc2ccc(-c3nc(-c4cn5cc(C)cc(Cl)c5n4)no3)cc2C)CC1=C. The van der Waals surface area contributed by atoms with E-state index in [1.54, 1.807) is 0 Å². The molecule has 4 aromatic rings. The summed E-state index contributed by atoms with van der Waals surface area (Å²) < 4.78 is 29.2. The Labute approximate surface area is 188 Å². The topological polar surface area (TPSA) is 65.5 Å². The number of allylic oxidation sites excluding steroid dienone is 1. The van der Waals surface area contributed by atoms with E-state index in [1.165, 1.54) is 0 Å². The Bertz CT molecular complexity index is 1380. The molecule has 1 atom stereocenters. The Kier molecular flexibility index (Phi) is 4.45. The van der Waals surface area contributed by atoms with Gasteiger partial charge in [-0.05, 0) is 74.4 Å². The second kappa shape index (κ2) is 7.85. The highest BCUT2D eigenvalue weighted by molar-refractivity contribution is 6.33. The summed E-state index contributed by atoms with van der Waals surface area (Å²) in [5.41, 5.74) is 4.61. The third kappa shape index (κ3) is 3.95. The largest absolute Gasteiger partial charge is 0.493 e. The molecule has 0 saturated heterocycles. The molecule has 5 rings (SSSR count). The number of imidazole rings is 1. The zero-order chi connectivity index (χ0) is 23.3. The van der Waals surface area contributed by atoms with E-state index < -0.39 is 6.37 Å². The van der Waals surface area contributed by atoms with Crippen LogP contribution in [-0.4, -0.2) is 26.1 Å². The van der Waals surface area contributed by atoms with E-state index in [2.05, 4.69) is 21.7 Å². The quantitative estimate of drug-likeness (QED) is 0.356. The maximum absolute atomic E-state index is 7.96. The highest BCUT2D eigenvalue weighted by Gasteiger charge is 2.19. The number of ether oxygens (including phenoxy) is 1. The van der Waals surface area contributed by atoms with Crippen molar-refractivity contribution in [3.63, 3.8) is 0 Å². The van der Waals surface area contributed by atoms with E-state index in [-0.39, 0.29) is 5.92 Å². The third-order valence-electron chi connectivity index (χ3n) is 5.37. The molecular weight excluding hydrogens is 412 g/mol. The summed E-state index contributed by atoms with van der Waals surface area (Å²) in [6, 6.07) is 7.54. The van der Waals surface area contributed by atoms with Gasteiger partial charge in [-0.25, -0.2) is 4.98 Å². The van der Waals surface area contributed by atoms with Gasteiger partial charge >= 0.3 is 0 Å². The normalized spacial score (nSPS) is 18.9. The van der Waals surface area contributed by atoms with Crippen molar-refractivity contribution >= 4 is 17.2 Å². The molecule has 1 saturated carbocycles. The standard InChI is InChI=1S/C24H23ClN4O2/c1-14-4-5-17(8-14)13-30-21-7-6-18(10-16(21)3)24-27-22(28-31-24)20-12-29-11-15(2)9-19(25)23(29)26-20/h6-7,9-12,17H,1,4-5,8,13H2,2-3H3/t17-/m0/s1/i4D2. The maximum atomic E-state index is 7.96. The molecule has 1 aliphatic rings. The van der Waals surface area contributed by atoms with Gasteiger partial charge in [0, 0.05) is 20.7 Å². The number of pyridine rings is 1. The van der Waals surface area contributed by atoms with Gasteiger partial charge in [0.2, 0.25) is 5.82 Å². The van der Waals surface area contributed by atoms with E-state index in [0.29, 0.717) is 53.1 Å². The molecule has 0 bridgehead atoms. The van der Waals surface area contributed by atoms with E-state index in [1.807, 2.05) is 54.9 Å². The van der Waals surface area contributed by atoms with Crippen molar-refractivity contribution in [2.45, 2.75) is 33.1 Å². The highest BCUT2D eigenvalue weighted by Crippen LogP contribution is 2.31. The average molecular weight is 437 g/mol. The van der Waals surface area contributed by atoms with E-state index >= 15 is 0 Å². The molecular formula is C24H23ClN4O2. The number of hydrogen-bond acceptors (Lipinski definition) is 5. The second-order valence-electron chi connectivity index (χ2n) is 7.99. The van der Waals surface area contributed by atoms with Crippen molar-refractivity contribution in [3.8, 4) is 28.7 Å². The summed E-state index contributed by atoms with van der Waals surface area (Å²) in [4.78, 5) is 9.05. The first-order valence-corrected chi connectivity index (χ1v) is 10.5. The lowest BCUT2D eigenvalue weighted by atomic mass is 10.1. The second-order valence-corrected chi connectivity index (χ2v) is 8.40. The summed E-state index contributed by atoms with van der Waals surface area (Å²) in [5.74, 6) is 1.66. The van der Waals surface area contributed by atoms with E-state index in [0.717, 1.165) is 22.4 Å². The zero-order valence-electron chi connectivity index (χ0n) is 19.4. The smallest absolute Gasteiger partial charge is 0.258 e. The van der Waals surface area contributed by atoms with E-state index in [9.17, 15) is 0 Å². The summed E-state index contributed by atoms with van der Waals surface area (Å²) in [7, 11) is 0. The molecule has 7 heteroatoms. The van der Waals surface area contributed by atoms with Gasteiger partial charge in [0.25, 0.3) is 5.89 Å². The Morgan fingerprint density at radius 1 is 1.29 bits per heavy atom. The number of hydrogen-bond donors (Lipinski definition) is 0. The lowest BCUT2D eigenvalue weighted by Gasteiger charge is -2.13. The monoisotopic (exact) mass is 436 g/mol. The van der Waals surface area contributed by atoms with Crippen LogP contribution in [0.15, 0.2) is 53.3 Å². The molecule has 0 radical (unpaired) electrons. The van der Waals surface area contributed by atoms with Crippen LogP contribution >= 0.6 is 11.6 Å². The Balaban J connectivity index is 1.32. The fourth-order valence-electron chi connectivity index (χ4n) is 3.79. The molecule has 0 spiro atoms. The molecule has 1 aromatic carbocycles. The number of aryl methyl sites for hydroxylation is 2. The molecule has 158 valence electrons. The molecule has 0 amide bonds. The van der Waals surface area contributed by atoms with Crippen molar-refractivity contribution in [3.05, 3.63) is 65.0 Å². The van der Waals surface area contributed by atoms with Crippen LogP contribution in [0, 0.1) is 19.8 Å². The Hall–Kier alpha value is -3.12. The molecule has 0 unspecified atom stereocenters. The van der Waals surface area contributed by atoms with Crippen molar-refractivity contribution < 1.29 is 12.0 Å². The molecule has 3 heterocycles. The summed E-state index contributed by atoms with van der Waals surface area (Å²) in [6.07, 6.45) is 3.57. The van der Waals surface area contributed by atoms with Crippen molar-refractivity contribution in [1.82, 2.24) is 19.5 Å². The van der Waals surface area contributed by atoms with Crippen LogP contribution in [0.5, 0.6) is 5.75 Å². The Morgan fingerprint density at radius 2 is 2.16 bits per heavy atom. The third-order valence-corrected chi connectivity index (χ3v) is 5.65. The predicted octanol–water partition coefficient (Wildman–Crippen LogP) is 6.06. The first kappa shape index (κ1) is 17.5.